The van der Waals surface area contributed by atoms with Gasteiger partial charge in [-0.15, -0.1) is 0 Å². The summed E-state index contributed by atoms with van der Waals surface area (Å²) in [6.07, 6.45) is 0.0558. The number of halogens is 1. The van der Waals surface area contributed by atoms with Gasteiger partial charge in [0.1, 0.15) is 0 Å². The molecule has 1 amide bonds. The summed E-state index contributed by atoms with van der Waals surface area (Å²) in [5.41, 5.74) is 2.07. The summed E-state index contributed by atoms with van der Waals surface area (Å²) in [5, 5.41) is 3.20. The molecule has 1 fully saturated rings. The third kappa shape index (κ3) is 6.09. The second-order valence-electron chi connectivity index (χ2n) is 7.94. The minimum atomic E-state index is -3.74. The van der Waals surface area contributed by atoms with Gasteiger partial charge in [0.05, 0.1) is 10.8 Å². The highest BCUT2D eigenvalue weighted by molar-refractivity contribution is 7.89. The van der Waals surface area contributed by atoms with E-state index in [1.807, 2.05) is 31.2 Å². The molecule has 32 heavy (non-hydrogen) atoms. The zero-order chi connectivity index (χ0) is 23.3. The van der Waals surface area contributed by atoms with Crippen LogP contribution in [0.4, 0.5) is 0 Å². The van der Waals surface area contributed by atoms with Gasteiger partial charge in [0.25, 0.3) is 5.91 Å². The number of hydrogen-bond donors (Lipinski definition) is 1. The number of aryl methyl sites for hydroxylation is 1. The molecule has 0 spiro atoms. The molecular formula is C23H27ClN2O5S. The predicted octanol–water partition coefficient (Wildman–Crippen LogP) is 3.30. The SMILES string of the molecule is Cc1ccc(CNC(=O)C(C)OC(=O)C2CCCN(S(=O)(=O)c3ccc(Cl)cc3)C2)cc1. The van der Waals surface area contributed by atoms with Crippen molar-refractivity contribution in [2.45, 2.75) is 44.2 Å². The molecule has 0 saturated carbocycles. The van der Waals surface area contributed by atoms with Crippen LogP contribution in [0.3, 0.4) is 0 Å². The Morgan fingerprint density at radius 1 is 1.16 bits per heavy atom. The smallest absolute Gasteiger partial charge is 0.311 e. The largest absolute Gasteiger partial charge is 0.452 e. The normalized spacial score (nSPS) is 18.0. The van der Waals surface area contributed by atoms with Crippen LogP contribution in [0.15, 0.2) is 53.4 Å². The summed E-state index contributed by atoms with van der Waals surface area (Å²) < 4.78 is 32.4. The first kappa shape index (κ1) is 24.2. The Bertz CT molecular complexity index is 1050. The number of rotatable bonds is 7. The standard InChI is InChI=1S/C23H27ClN2O5S/c1-16-5-7-18(8-6-16)14-25-22(27)17(2)31-23(28)19-4-3-13-26(15-19)32(29,30)21-11-9-20(24)10-12-21/h5-12,17,19H,3-4,13-15H2,1-2H3,(H,25,27). The molecule has 2 unspecified atom stereocenters. The van der Waals surface area contributed by atoms with Crippen molar-refractivity contribution in [3.05, 3.63) is 64.7 Å². The maximum atomic E-state index is 12.9. The Morgan fingerprint density at radius 3 is 2.47 bits per heavy atom. The van der Waals surface area contributed by atoms with E-state index >= 15 is 0 Å². The predicted molar refractivity (Wildman–Crippen MR) is 122 cm³/mol. The van der Waals surface area contributed by atoms with Gasteiger partial charge in [-0.1, -0.05) is 41.4 Å². The molecule has 1 aliphatic rings. The molecule has 172 valence electrons. The fourth-order valence-electron chi connectivity index (χ4n) is 3.47. The van der Waals surface area contributed by atoms with Crippen molar-refractivity contribution in [1.82, 2.24) is 9.62 Å². The Hall–Kier alpha value is -2.42. The van der Waals surface area contributed by atoms with E-state index in [9.17, 15) is 18.0 Å². The first-order valence-corrected chi connectivity index (χ1v) is 12.3. The number of carbonyl (C=O) groups is 2. The van der Waals surface area contributed by atoms with E-state index < -0.39 is 33.9 Å². The zero-order valence-electron chi connectivity index (χ0n) is 18.1. The average molecular weight is 479 g/mol. The highest BCUT2D eigenvalue weighted by atomic mass is 35.5. The fraction of sp³-hybridized carbons (Fsp3) is 0.391. The summed E-state index contributed by atoms with van der Waals surface area (Å²) in [5.74, 6) is -1.60. The lowest BCUT2D eigenvalue weighted by Crippen LogP contribution is -2.44. The van der Waals surface area contributed by atoms with Gasteiger partial charge in [-0.3, -0.25) is 9.59 Å². The van der Waals surface area contributed by atoms with Gasteiger partial charge < -0.3 is 10.1 Å². The quantitative estimate of drug-likeness (QED) is 0.616. The average Bonchev–Trinajstić information content (AvgIpc) is 2.78. The van der Waals surface area contributed by atoms with E-state index in [1.165, 1.54) is 35.5 Å². The third-order valence-electron chi connectivity index (χ3n) is 5.42. The topological polar surface area (TPSA) is 92.8 Å². The van der Waals surface area contributed by atoms with Crippen molar-refractivity contribution in [3.8, 4) is 0 Å². The number of carbonyl (C=O) groups excluding carboxylic acids is 2. The Kier molecular flexibility index (Phi) is 7.92. The van der Waals surface area contributed by atoms with E-state index in [4.69, 9.17) is 16.3 Å². The monoisotopic (exact) mass is 478 g/mol. The van der Waals surface area contributed by atoms with Crippen LogP contribution in [0, 0.1) is 12.8 Å². The van der Waals surface area contributed by atoms with Gasteiger partial charge in [0.15, 0.2) is 6.10 Å². The Balaban J connectivity index is 1.55. The molecule has 9 heteroatoms. The lowest BCUT2D eigenvalue weighted by molar-refractivity contribution is -0.159. The summed E-state index contributed by atoms with van der Waals surface area (Å²) in [6.45, 7) is 4.16. The molecule has 3 rings (SSSR count). The zero-order valence-corrected chi connectivity index (χ0v) is 19.7. The molecule has 7 nitrogen and oxygen atoms in total. The number of esters is 1. The van der Waals surface area contributed by atoms with Crippen molar-refractivity contribution in [1.29, 1.82) is 0 Å². The van der Waals surface area contributed by atoms with E-state index in [1.54, 1.807) is 0 Å². The number of ether oxygens (including phenoxy) is 1. The molecule has 0 aliphatic carbocycles. The minimum absolute atomic E-state index is 0.0154. The Labute approximate surface area is 193 Å². The second kappa shape index (κ2) is 10.5. The lowest BCUT2D eigenvalue weighted by atomic mass is 10.00. The molecule has 1 aliphatic heterocycles. The van der Waals surface area contributed by atoms with Crippen molar-refractivity contribution < 1.29 is 22.7 Å². The summed E-state index contributed by atoms with van der Waals surface area (Å²) in [7, 11) is -3.74. The van der Waals surface area contributed by atoms with Crippen LogP contribution in [-0.2, 0) is 30.9 Å². The van der Waals surface area contributed by atoms with Gasteiger partial charge in [0.2, 0.25) is 10.0 Å². The van der Waals surface area contributed by atoms with Crippen LogP contribution in [0.1, 0.15) is 30.9 Å². The molecule has 2 aromatic carbocycles. The maximum absolute atomic E-state index is 12.9. The van der Waals surface area contributed by atoms with Crippen LogP contribution < -0.4 is 5.32 Å². The summed E-state index contributed by atoms with van der Waals surface area (Å²) in [6, 6.07) is 13.7. The second-order valence-corrected chi connectivity index (χ2v) is 10.3. The van der Waals surface area contributed by atoms with Crippen molar-refractivity contribution in [3.63, 3.8) is 0 Å². The highest BCUT2D eigenvalue weighted by Gasteiger charge is 2.35. The molecule has 2 atom stereocenters. The Morgan fingerprint density at radius 2 is 1.81 bits per heavy atom. The number of benzene rings is 2. The number of sulfonamides is 1. The molecule has 2 aromatic rings. The number of amides is 1. The first-order chi connectivity index (χ1) is 15.2. The van der Waals surface area contributed by atoms with Crippen LogP contribution in [0.25, 0.3) is 0 Å². The number of piperidine rings is 1. The van der Waals surface area contributed by atoms with Crippen LogP contribution in [0.2, 0.25) is 5.02 Å². The summed E-state index contributed by atoms with van der Waals surface area (Å²) in [4.78, 5) is 25.1. The van der Waals surface area contributed by atoms with Gasteiger partial charge in [-0.2, -0.15) is 4.31 Å². The first-order valence-electron chi connectivity index (χ1n) is 10.5. The van der Waals surface area contributed by atoms with Crippen molar-refractivity contribution in [2.75, 3.05) is 13.1 Å². The molecule has 0 bridgehead atoms. The van der Waals surface area contributed by atoms with Gasteiger partial charge in [-0.25, -0.2) is 8.42 Å². The maximum Gasteiger partial charge on any atom is 0.311 e. The van der Waals surface area contributed by atoms with Crippen molar-refractivity contribution >= 4 is 33.5 Å². The van der Waals surface area contributed by atoms with Gasteiger partial charge in [-0.05, 0) is 56.5 Å². The lowest BCUT2D eigenvalue weighted by Gasteiger charge is -2.31. The molecular weight excluding hydrogens is 452 g/mol. The summed E-state index contributed by atoms with van der Waals surface area (Å²) >= 11 is 5.85. The van der Waals surface area contributed by atoms with Gasteiger partial charge >= 0.3 is 5.97 Å². The molecule has 0 radical (unpaired) electrons. The van der Waals surface area contributed by atoms with E-state index in [0.717, 1.165) is 11.1 Å². The third-order valence-corrected chi connectivity index (χ3v) is 7.55. The van der Waals surface area contributed by atoms with Crippen LogP contribution in [0.5, 0.6) is 0 Å². The molecule has 1 N–H and O–H groups in total. The number of nitrogens with one attached hydrogen (secondary N) is 1. The highest BCUT2D eigenvalue weighted by Crippen LogP contribution is 2.25. The number of nitrogens with zero attached hydrogens (tertiary/aromatic N) is 1. The minimum Gasteiger partial charge on any atom is -0.452 e. The molecule has 1 heterocycles. The van der Waals surface area contributed by atoms with E-state index in [-0.39, 0.29) is 11.4 Å². The van der Waals surface area contributed by atoms with Gasteiger partial charge in [0, 0.05) is 24.7 Å². The number of hydrogen-bond acceptors (Lipinski definition) is 5. The van der Waals surface area contributed by atoms with Crippen molar-refractivity contribution in [2.24, 2.45) is 5.92 Å². The molecule has 1 saturated heterocycles. The van der Waals surface area contributed by atoms with Crippen LogP contribution in [-0.4, -0.2) is 43.8 Å². The van der Waals surface area contributed by atoms with Crippen LogP contribution >= 0.6 is 11.6 Å². The fourth-order valence-corrected chi connectivity index (χ4v) is 5.12. The van der Waals surface area contributed by atoms with E-state index in [0.29, 0.717) is 31.0 Å². The van der Waals surface area contributed by atoms with E-state index in [2.05, 4.69) is 5.32 Å². The molecule has 0 aromatic heterocycles.